The number of fused-ring (bicyclic) bond motifs is 7. The van der Waals surface area contributed by atoms with E-state index in [0.717, 1.165) is 11.6 Å². The second kappa shape index (κ2) is 4.89. The van der Waals surface area contributed by atoms with E-state index >= 15 is 0 Å². The average Bonchev–Trinajstić information content (AvgIpc) is 3.04. The topological polar surface area (TPSA) is 49.2 Å². The molecule has 3 saturated carbocycles. The lowest BCUT2D eigenvalue weighted by molar-refractivity contribution is 0.447. The van der Waals surface area contributed by atoms with Gasteiger partial charge in [-0.1, -0.05) is 6.08 Å². The monoisotopic (exact) mass is 356 g/mol. The van der Waals surface area contributed by atoms with E-state index < -0.39 is 10.0 Å². The molecular weight excluding hydrogens is 332 g/mol. The summed E-state index contributed by atoms with van der Waals surface area (Å²) in [4.78, 5) is 0.453. The van der Waals surface area contributed by atoms with E-state index in [-0.39, 0.29) is 0 Å². The summed E-state index contributed by atoms with van der Waals surface area (Å²) in [7, 11) is -3.31. The SMILES string of the molecule is O=S(=O)(c1ccc(NC2=CC3CCC2C3)cc1)N1C2C3CCC(C3)C21. The molecule has 1 saturated heterocycles. The zero-order chi connectivity index (χ0) is 16.8. The summed E-state index contributed by atoms with van der Waals surface area (Å²) >= 11 is 0. The molecule has 0 amide bonds. The van der Waals surface area contributed by atoms with Gasteiger partial charge in [-0.2, -0.15) is 4.31 Å². The zero-order valence-corrected chi connectivity index (χ0v) is 15.1. The Hall–Kier alpha value is -1.33. The summed E-state index contributed by atoms with van der Waals surface area (Å²) < 4.78 is 27.8. The Labute approximate surface area is 149 Å². The Morgan fingerprint density at radius 2 is 1.64 bits per heavy atom. The Bertz CT molecular complexity index is 844. The van der Waals surface area contributed by atoms with Crippen molar-refractivity contribution in [2.45, 2.75) is 55.5 Å². The number of nitrogens with one attached hydrogen (secondary N) is 1. The number of hydrogen-bond donors (Lipinski definition) is 1. The summed E-state index contributed by atoms with van der Waals surface area (Å²) in [5.41, 5.74) is 2.34. The molecule has 5 aliphatic rings. The van der Waals surface area contributed by atoms with Crippen molar-refractivity contribution < 1.29 is 8.42 Å². The number of nitrogens with zero attached hydrogens (tertiary/aromatic N) is 1. The fourth-order valence-electron chi connectivity index (χ4n) is 6.20. The number of sulfonamides is 1. The normalized spacial score (nSPS) is 43.2. The molecule has 4 bridgehead atoms. The third-order valence-corrected chi connectivity index (χ3v) is 9.28. The maximum absolute atomic E-state index is 13.0. The molecule has 4 nitrogen and oxygen atoms in total. The minimum atomic E-state index is -3.31. The van der Waals surface area contributed by atoms with Crippen LogP contribution in [0.2, 0.25) is 0 Å². The van der Waals surface area contributed by atoms with Gasteiger partial charge in [-0.25, -0.2) is 8.42 Å². The number of benzene rings is 1. The van der Waals surface area contributed by atoms with Gasteiger partial charge in [0.15, 0.2) is 0 Å². The van der Waals surface area contributed by atoms with Crippen molar-refractivity contribution in [3.05, 3.63) is 36.0 Å². The van der Waals surface area contributed by atoms with E-state index in [1.54, 1.807) is 16.4 Å². The van der Waals surface area contributed by atoms with Crippen LogP contribution < -0.4 is 5.32 Å². The van der Waals surface area contributed by atoms with Gasteiger partial charge in [0.2, 0.25) is 10.0 Å². The van der Waals surface area contributed by atoms with Gasteiger partial charge in [0.1, 0.15) is 0 Å². The van der Waals surface area contributed by atoms with Crippen LogP contribution in [0.25, 0.3) is 0 Å². The van der Waals surface area contributed by atoms with Gasteiger partial charge in [0, 0.05) is 23.5 Å². The molecule has 25 heavy (non-hydrogen) atoms. The lowest BCUT2D eigenvalue weighted by Gasteiger charge is -2.16. The molecule has 132 valence electrons. The third-order valence-electron chi connectivity index (χ3n) is 7.37. The van der Waals surface area contributed by atoms with E-state index in [2.05, 4.69) is 11.4 Å². The van der Waals surface area contributed by atoms with Gasteiger partial charge >= 0.3 is 0 Å². The maximum atomic E-state index is 13.0. The molecule has 6 atom stereocenters. The van der Waals surface area contributed by atoms with E-state index in [4.69, 9.17) is 0 Å². The van der Waals surface area contributed by atoms with Crippen LogP contribution in [0.1, 0.15) is 38.5 Å². The molecule has 0 spiro atoms. The second-order valence-electron chi connectivity index (χ2n) is 8.69. The fraction of sp³-hybridized carbons (Fsp3) is 0.600. The van der Waals surface area contributed by atoms with E-state index in [9.17, 15) is 8.42 Å². The van der Waals surface area contributed by atoms with Crippen LogP contribution in [0.5, 0.6) is 0 Å². The molecule has 1 aromatic carbocycles. The van der Waals surface area contributed by atoms with Crippen LogP contribution in [0, 0.1) is 23.7 Å². The number of piperidine rings is 1. The molecular formula is C20H24N2O2S. The average molecular weight is 356 g/mol. The molecule has 0 radical (unpaired) electrons. The Kier molecular flexibility index (Phi) is 2.89. The van der Waals surface area contributed by atoms with Crippen LogP contribution in [-0.4, -0.2) is 24.8 Å². The Morgan fingerprint density at radius 1 is 0.920 bits per heavy atom. The van der Waals surface area contributed by atoms with Crippen LogP contribution in [0.4, 0.5) is 5.69 Å². The molecule has 6 rings (SSSR count). The number of allylic oxidation sites excluding steroid dienone is 2. The van der Waals surface area contributed by atoms with Gasteiger partial charge in [-0.05, 0) is 86.5 Å². The second-order valence-corrected chi connectivity index (χ2v) is 10.5. The molecule has 6 unspecified atom stereocenters. The first-order valence-electron chi connectivity index (χ1n) is 9.73. The minimum absolute atomic E-state index is 0.306. The minimum Gasteiger partial charge on any atom is -0.359 e. The number of hydrogen-bond acceptors (Lipinski definition) is 3. The quantitative estimate of drug-likeness (QED) is 0.839. The molecule has 4 aliphatic carbocycles. The van der Waals surface area contributed by atoms with Crippen LogP contribution in [-0.2, 0) is 10.0 Å². The van der Waals surface area contributed by atoms with Gasteiger partial charge in [0.05, 0.1) is 4.90 Å². The first kappa shape index (κ1) is 14.8. The van der Waals surface area contributed by atoms with Crippen molar-refractivity contribution in [2.24, 2.45) is 23.7 Å². The smallest absolute Gasteiger partial charge is 0.243 e. The third kappa shape index (κ3) is 2.05. The fourth-order valence-corrected chi connectivity index (χ4v) is 8.10. The summed E-state index contributed by atoms with van der Waals surface area (Å²) in [5, 5.41) is 3.51. The van der Waals surface area contributed by atoms with Crippen LogP contribution >= 0.6 is 0 Å². The van der Waals surface area contributed by atoms with E-state index in [0.29, 0.717) is 34.7 Å². The van der Waals surface area contributed by atoms with Crippen molar-refractivity contribution >= 4 is 15.7 Å². The largest absolute Gasteiger partial charge is 0.359 e. The molecule has 1 heterocycles. The van der Waals surface area contributed by atoms with E-state index in [1.807, 2.05) is 12.1 Å². The summed E-state index contributed by atoms with van der Waals surface area (Å²) in [6.07, 6.45) is 9.96. The Balaban J connectivity index is 1.21. The van der Waals surface area contributed by atoms with Crippen molar-refractivity contribution in [2.75, 3.05) is 5.32 Å². The summed E-state index contributed by atoms with van der Waals surface area (Å²) in [6, 6.07) is 8.02. The standard InChI is InChI=1S/C20H24N2O2S/c23-25(24,22-19-14-3-4-15(11-14)20(19)22)17-7-5-16(6-8-17)21-18-10-12-1-2-13(18)9-12/h5-8,10,12-15,19-21H,1-4,9,11H2. The van der Waals surface area contributed by atoms with E-state index in [1.165, 1.54) is 44.2 Å². The predicted molar refractivity (Wildman–Crippen MR) is 96.4 cm³/mol. The van der Waals surface area contributed by atoms with Crippen LogP contribution in [0.15, 0.2) is 40.9 Å². The lowest BCUT2D eigenvalue weighted by atomic mass is 10.0. The van der Waals surface area contributed by atoms with Gasteiger partial charge in [-0.3, -0.25) is 0 Å². The van der Waals surface area contributed by atoms with Crippen molar-refractivity contribution in [3.8, 4) is 0 Å². The molecule has 1 aliphatic heterocycles. The Morgan fingerprint density at radius 3 is 2.24 bits per heavy atom. The van der Waals surface area contributed by atoms with Crippen molar-refractivity contribution in [1.29, 1.82) is 0 Å². The summed E-state index contributed by atoms with van der Waals surface area (Å²) in [6.45, 7) is 0. The molecule has 1 N–H and O–H groups in total. The first-order chi connectivity index (χ1) is 12.1. The molecule has 0 aromatic heterocycles. The highest BCUT2D eigenvalue weighted by molar-refractivity contribution is 7.89. The van der Waals surface area contributed by atoms with Crippen molar-refractivity contribution in [1.82, 2.24) is 4.31 Å². The van der Waals surface area contributed by atoms with Gasteiger partial charge in [-0.15, -0.1) is 0 Å². The summed E-state index contributed by atoms with van der Waals surface area (Å²) in [5.74, 6) is 2.68. The highest BCUT2D eigenvalue weighted by Crippen LogP contribution is 2.60. The van der Waals surface area contributed by atoms with Gasteiger partial charge < -0.3 is 5.32 Å². The van der Waals surface area contributed by atoms with Gasteiger partial charge in [0.25, 0.3) is 0 Å². The predicted octanol–water partition coefficient (Wildman–Crippen LogP) is 3.58. The lowest BCUT2D eigenvalue weighted by Crippen LogP contribution is -2.21. The van der Waals surface area contributed by atoms with Crippen LogP contribution in [0.3, 0.4) is 0 Å². The molecule has 1 aromatic rings. The number of rotatable bonds is 4. The highest BCUT2D eigenvalue weighted by Gasteiger charge is 2.68. The maximum Gasteiger partial charge on any atom is 0.243 e. The first-order valence-corrected chi connectivity index (χ1v) is 11.2. The number of anilines is 1. The van der Waals surface area contributed by atoms with Crippen molar-refractivity contribution in [3.63, 3.8) is 0 Å². The highest BCUT2D eigenvalue weighted by atomic mass is 32.2. The molecule has 4 fully saturated rings. The zero-order valence-electron chi connectivity index (χ0n) is 14.3. The molecule has 5 heteroatoms.